The first-order valence-corrected chi connectivity index (χ1v) is 8.77. The second-order valence-electron chi connectivity index (χ2n) is 5.83. The van der Waals surface area contributed by atoms with E-state index in [0.29, 0.717) is 18.2 Å². The first-order valence-electron chi connectivity index (χ1n) is 8.39. The zero-order valence-electron chi connectivity index (χ0n) is 14.6. The van der Waals surface area contributed by atoms with Crippen molar-refractivity contribution in [3.63, 3.8) is 0 Å². The molecule has 1 aromatic heterocycles. The largest absolute Gasteiger partial charge is 0.493 e. The van der Waals surface area contributed by atoms with Crippen LogP contribution in [0, 0.1) is 0 Å². The first-order chi connectivity index (χ1) is 12.8. The van der Waals surface area contributed by atoms with Gasteiger partial charge in [-0.25, -0.2) is 0 Å². The van der Waals surface area contributed by atoms with Gasteiger partial charge in [0.25, 0.3) is 0 Å². The SMILES string of the molecule is COc1cccc(CNCc2cccnc2)c1OCc1ccc(Cl)cc1. The summed E-state index contributed by atoms with van der Waals surface area (Å²) < 4.78 is 11.5. The lowest BCUT2D eigenvalue weighted by Gasteiger charge is -2.16. The molecule has 3 rings (SSSR count). The number of ether oxygens (including phenoxy) is 2. The number of nitrogens with one attached hydrogen (secondary N) is 1. The summed E-state index contributed by atoms with van der Waals surface area (Å²) in [5.74, 6) is 1.48. The Labute approximate surface area is 158 Å². The van der Waals surface area contributed by atoms with E-state index in [1.807, 2.05) is 60.8 Å². The Morgan fingerprint density at radius 1 is 0.962 bits per heavy atom. The predicted octanol–water partition coefficient (Wildman–Crippen LogP) is 4.61. The normalized spacial score (nSPS) is 10.5. The third kappa shape index (κ3) is 4.97. The van der Waals surface area contributed by atoms with Gasteiger partial charge in [0.15, 0.2) is 11.5 Å². The predicted molar refractivity (Wildman–Crippen MR) is 104 cm³/mol. The summed E-state index contributed by atoms with van der Waals surface area (Å²) in [6.07, 6.45) is 3.63. The van der Waals surface area contributed by atoms with Crippen LogP contribution in [-0.2, 0) is 19.7 Å². The fraction of sp³-hybridized carbons (Fsp3) is 0.190. The van der Waals surface area contributed by atoms with Gasteiger partial charge >= 0.3 is 0 Å². The molecular formula is C21H21ClN2O2. The lowest BCUT2D eigenvalue weighted by atomic mass is 10.1. The highest BCUT2D eigenvalue weighted by Crippen LogP contribution is 2.32. The van der Waals surface area contributed by atoms with Gasteiger partial charge in [-0.1, -0.05) is 41.9 Å². The van der Waals surface area contributed by atoms with Crippen LogP contribution in [0.5, 0.6) is 11.5 Å². The van der Waals surface area contributed by atoms with Crippen LogP contribution in [0.3, 0.4) is 0 Å². The molecule has 0 fully saturated rings. The van der Waals surface area contributed by atoms with Crippen molar-refractivity contribution < 1.29 is 9.47 Å². The number of pyridine rings is 1. The highest BCUT2D eigenvalue weighted by Gasteiger charge is 2.11. The van der Waals surface area contributed by atoms with Crippen LogP contribution in [0.1, 0.15) is 16.7 Å². The summed E-state index contributed by atoms with van der Waals surface area (Å²) in [6.45, 7) is 1.86. The Bertz CT molecular complexity index is 823. The number of hydrogen-bond acceptors (Lipinski definition) is 4. The standard InChI is InChI=1S/C21H21ClN2O2/c1-25-20-6-2-5-18(14-24-13-17-4-3-11-23-12-17)21(20)26-15-16-7-9-19(22)10-8-16/h2-12,24H,13-15H2,1H3. The molecule has 26 heavy (non-hydrogen) atoms. The minimum Gasteiger partial charge on any atom is -0.493 e. The molecule has 5 heteroatoms. The van der Waals surface area contributed by atoms with Crippen molar-refractivity contribution >= 4 is 11.6 Å². The van der Waals surface area contributed by atoms with E-state index in [0.717, 1.165) is 34.7 Å². The Kier molecular flexibility index (Phi) is 6.47. The highest BCUT2D eigenvalue weighted by molar-refractivity contribution is 6.30. The fourth-order valence-electron chi connectivity index (χ4n) is 2.61. The van der Waals surface area contributed by atoms with Crippen molar-refractivity contribution in [3.8, 4) is 11.5 Å². The maximum atomic E-state index is 6.07. The van der Waals surface area contributed by atoms with E-state index >= 15 is 0 Å². The molecule has 0 radical (unpaired) electrons. The molecule has 134 valence electrons. The molecule has 0 bridgehead atoms. The van der Waals surface area contributed by atoms with Crippen molar-refractivity contribution in [1.29, 1.82) is 0 Å². The number of halogens is 1. The Balaban J connectivity index is 1.67. The number of hydrogen-bond donors (Lipinski definition) is 1. The minimum atomic E-state index is 0.452. The van der Waals surface area contributed by atoms with Gasteiger partial charge < -0.3 is 14.8 Å². The molecule has 0 saturated carbocycles. The summed E-state index contributed by atoms with van der Waals surface area (Å²) in [6, 6.07) is 17.5. The smallest absolute Gasteiger partial charge is 0.166 e. The number of para-hydroxylation sites is 1. The summed E-state index contributed by atoms with van der Waals surface area (Å²) >= 11 is 5.94. The zero-order chi connectivity index (χ0) is 18.2. The number of aromatic nitrogens is 1. The lowest BCUT2D eigenvalue weighted by molar-refractivity contribution is 0.280. The van der Waals surface area contributed by atoms with Gasteiger partial charge in [-0.05, 0) is 35.4 Å². The maximum Gasteiger partial charge on any atom is 0.166 e. The number of nitrogens with zero attached hydrogens (tertiary/aromatic N) is 1. The topological polar surface area (TPSA) is 43.4 Å². The molecule has 3 aromatic rings. The summed E-state index contributed by atoms with van der Waals surface area (Å²) in [4.78, 5) is 4.13. The Morgan fingerprint density at radius 3 is 2.54 bits per heavy atom. The molecule has 0 spiro atoms. The maximum absolute atomic E-state index is 6.07. The molecule has 0 aliphatic carbocycles. The van der Waals surface area contributed by atoms with Crippen LogP contribution in [0.25, 0.3) is 0 Å². The lowest BCUT2D eigenvalue weighted by Crippen LogP contribution is -2.14. The van der Waals surface area contributed by atoms with Gasteiger partial charge in [0.05, 0.1) is 7.11 Å². The third-order valence-corrected chi connectivity index (χ3v) is 4.20. The van der Waals surface area contributed by atoms with E-state index in [2.05, 4.69) is 10.3 Å². The van der Waals surface area contributed by atoms with Crippen molar-refractivity contribution in [1.82, 2.24) is 10.3 Å². The molecular weight excluding hydrogens is 348 g/mol. The number of benzene rings is 2. The van der Waals surface area contributed by atoms with Gasteiger partial charge in [-0.2, -0.15) is 0 Å². The molecule has 0 saturated heterocycles. The average Bonchev–Trinajstić information content (AvgIpc) is 2.69. The van der Waals surface area contributed by atoms with Crippen LogP contribution in [-0.4, -0.2) is 12.1 Å². The molecule has 2 aromatic carbocycles. The van der Waals surface area contributed by atoms with Crippen LogP contribution in [0.15, 0.2) is 67.0 Å². The van der Waals surface area contributed by atoms with Crippen LogP contribution < -0.4 is 14.8 Å². The number of methoxy groups -OCH3 is 1. The second kappa shape index (κ2) is 9.22. The Hall–Kier alpha value is -2.56. The van der Waals surface area contributed by atoms with Gasteiger partial charge in [-0.3, -0.25) is 4.98 Å². The van der Waals surface area contributed by atoms with Gasteiger partial charge in [0.2, 0.25) is 0 Å². The van der Waals surface area contributed by atoms with Gasteiger partial charge in [0, 0.05) is 36.1 Å². The molecule has 0 unspecified atom stereocenters. The Morgan fingerprint density at radius 2 is 1.81 bits per heavy atom. The molecule has 4 nitrogen and oxygen atoms in total. The fourth-order valence-corrected chi connectivity index (χ4v) is 2.73. The third-order valence-electron chi connectivity index (χ3n) is 3.94. The molecule has 0 aliphatic rings. The average molecular weight is 369 g/mol. The summed E-state index contributed by atoms with van der Waals surface area (Å²) in [5, 5.41) is 4.14. The van der Waals surface area contributed by atoms with E-state index in [4.69, 9.17) is 21.1 Å². The van der Waals surface area contributed by atoms with E-state index in [9.17, 15) is 0 Å². The van der Waals surface area contributed by atoms with Crippen molar-refractivity contribution in [3.05, 3.63) is 88.7 Å². The van der Waals surface area contributed by atoms with Crippen LogP contribution in [0.2, 0.25) is 5.02 Å². The molecule has 0 aliphatic heterocycles. The van der Waals surface area contributed by atoms with E-state index in [1.165, 1.54) is 0 Å². The quantitative estimate of drug-likeness (QED) is 0.630. The summed E-state index contributed by atoms with van der Waals surface area (Å²) in [7, 11) is 1.65. The van der Waals surface area contributed by atoms with Gasteiger partial charge in [0.1, 0.15) is 6.61 Å². The molecule has 1 N–H and O–H groups in total. The minimum absolute atomic E-state index is 0.452. The highest BCUT2D eigenvalue weighted by atomic mass is 35.5. The summed E-state index contributed by atoms with van der Waals surface area (Å²) in [5.41, 5.74) is 3.23. The number of rotatable bonds is 8. The molecule has 0 amide bonds. The van der Waals surface area contributed by atoms with E-state index in [1.54, 1.807) is 13.3 Å². The second-order valence-corrected chi connectivity index (χ2v) is 6.26. The van der Waals surface area contributed by atoms with Crippen molar-refractivity contribution in [2.45, 2.75) is 19.7 Å². The first kappa shape index (κ1) is 18.2. The molecule has 1 heterocycles. The van der Waals surface area contributed by atoms with Gasteiger partial charge in [-0.15, -0.1) is 0 Å². The zero-order valence-corrected chi connectivity index (χ0v) is 15.4. The van der Waals surface area contributed by atoms with Crippen molar-refractivity contribution in [2.24, 2.45) is 0 Å². The van der Waals surface area contributed by atoms with Crippen LogP contribution in [0.4, 0.5) is 0 Å². The monoisotopic (exact) mass is 368 g/mol. The van der Waals surface area contributed by atoms with Crippen LogP contribution >= 0.6 is 11.6 Å². The van der Waals surface area contributed by atoms with E-state index in [-0.39, 0.29) is 0 Å². The van der Waals surface area contributed by atoms with Crippen molar-refractivity contribution in [2.75, 3.05) is 7.11 Å². The van der Waals surface area contributed by atoms with E-state index < -0.39 is 0 Å². The molecule has 0 atom stereocenters.